The van der Waals surface area contributed by atoms with E-state index in [1.54, 1.807) is 11.1 Å². The molecule has 6 heteroatoms. The number of carbonyl (C=O) groups is 2. The second-order valence-corrected chi connectivity index (χ2v) is 5.97. The number of pyridine rings is 1. The van der Waals surface area contributed by atoms with Crippen molar-refractivity contribution in [2.45, 2.75) is 27.2 Å². The first-order valence-corrected chi connectivity index (χ1v) is 7.74. The summed E-state index contributed by atoms with van der Waals surface area (Å²) in [5.41, 5.74) is 1.05. The number of nitrogens with zero attached hydrogens (tertiary/aromatic N) is 3. The second-order valence-electron chi connectivity index (χ2n) is 5.97. The van der Waals surface area contributed by atoms with Crippen LogP contribution >= 0.6 is 0 Å². The Labute approximate surface area is 131 Å². The van der Waals surface area contributed by atoms with Gasteiger partial charge in [-0.2, -0.15) is 0 Å². The van der Waals surface area contributed by atoms with Gasteiger partial charge in [-0.15, -0.1) is 0 Å². The summed E-state index contributed by atoms with van der Waals surface area (Å²) in [5, 5.41) is 2.82. The topological polar surface area (TPSA) is 65.5 Å². The molecule has 0 aromatic carbocycles. The molecule has 0 bridgehead atoms. The molecular formula is C16H24N4O2. The monoisotopic (exact) mass is 304 g/mol. The maximum absolute atomic E-state index is 12.3. The molecule has 22 heavy (non-hydrogen) atoms. The van der Waals surface area contributed by atoms with Crippen LogP contribution in [-0.2, 0) is 4.79 Å². The molecule has 1 aromatic heterocycles. The molecule has 1 fully saturated rings. The van der Waals surface area contributed by atoms with E-state index in [0.717, 1.165) is 12.0 Å². The van der Waals surface area contributed by atoms with Crippen molar-refractivity contribution in [2.75, 3.05) is 31.5 Å². The van der Waals surface area contributed by atoms with E-state index in [9.17, 15) is 9.59 Å². The van der Waals surface area contributed by atoms with E-state index < -0.39 is 0 Å². The first kappa shape index (κ1) is 16.3. The highest BCUT2D eigenvalue weighted by Gasteiger charge is 2.23. The molecule has 1 aliphatic rings. The van der Waals surface area contributed by atoms with E-state index in [4.69, 9.17) is 0 Å². The number of hydrogen-bond donors (Lipinski definition) is 1. The Morgan fingerprint density at radius 1 is 1.18 bits per heavy atom. The lowest BCUT2D eigenvalue weighted by Gasteiger charge is -2.23. The molecule has 0 radical (unpaired) electrons. The highest BCUT2D eigenvalue weighted by molar-refractivity contribution is 5.88. The van der Waals surface area contributed by atoms with Crippen molar-refractivity contribution in [3.63, 3.8) is 0 Å². The average Bonchev–Trinajstić information content (AvgIpc) is 2.72. The summed E-state index contributed by atoms with van der Waals surface area (Å²) in [5.74, 6) is 0.712. The molecule has 6 nitrogen and oxygen atoms in total. The van der Waals surface area contributed by atoms with Crippen LogP contribution in [0.5, 0.6) is 0 Å². The Morgan fingerprint density at radius 2 is 1.86 bits per heavy atom. The van der Waals surface area contributed by atoms with Crippen LogP contribution in [0.4, 0.5) is 10.6 Å². The zero-order chi connectivity index (χ0) is 16.1. The number of nitrogens with one attached hydrogen (secondary N) is 1. The smallest absolute Gasteiger partial charge is 0.323 e. The summed E-state index contributed by atoms with van der Waals surface area (Å²) in [6.45, 7) is 8.27. The number of hydrogen-bond acceptors (Lipinski definition) is 3. The summed E-state index contributed by atoms with van der Waals surface area (Å²) < 4.78 is 0. The van der Waals surface area contributed by atoms with Gasteiger partial charge < -0.3 is 9.80 Å². The number of rotatable bonds is 2. The first-order chi connectivity index (χ1) is 10.5. The predicted molar refractivity (Wildman–Crippen MR) is 85.6 cm³/mol. The molecule has 120 valence electrons. The molecule has 2 rings (SSSR count). The Bertz CT molecular complexity index is 545. The van der Waals surface area contributed by atoms with Gasteiger partial charge >= 0.3 is 6.03 Å². The molecule has 0 atom stereocenters. The Morgan fingerprint density at radius 3 is 2.55 bits per heavy atom. The van der Waals surface area contributed by atoms with Gasteiger partial charge in [0.2, 0.25) is 5.91 Å². The average molecular weight is 304 g/mol. The van der Waals surface area contributed by atoms with Crippen LogP contribution in [0.25, 0.3) is 0 Å². The minimum atomic E-state index is -0.156. The maximum atomic E-state index is 12.3. The largest absolute Gasteiger partial charge is 0.341 e. The van der Waals surface area contributed by atoms with E-state index in [1.807, 2.05) is 37.8 Å². The Hall–Kier alpha value is -2.11. The van der Waals surface area contributed by atoms with Crippen LogP contribution in [-0.4, -0.2) is 52.9 Å². The molecule has 0 unspecified atom stereocenters. The predicted octanol–water partition coefficient (Wildman–Crippen LogP) is 2.11. The fourth-order valence-corrected chi connectivity index (χ4v) is 2.50. The molecule has 0 saturated carbocycles. The van der Waals surface area contributed by atoms with Crippen LogP contribution in [0.2, 0.25) is 0 Å². The Kier molecular flexibility index (Phi) is 5.35. The third kappa shape index (κ3) is 4.19. The van der Waals surface area contributed by atoms with E-state index in [0.29, 0.717) is 32.0 Å². The number of amides is 3. The molecule has 1 saturated heterocycles. The number of carbonyl (C=O) groups excluding carboxylic acids is 2. The van der Waals surface area contributed by atoms with Gasteiger partial charge in [-0.3, -0.25) is 10.1 Å². The number of urea groups is 1. The maximum Gasteiger partial charge on any atom is 0.323 e. The molecule has 1 aromatic rings. The van der Waals surface area contributed by atoms with Gasteiger partial charge in [0.05, 0.1) is 0 Å². The van der Waals surface area contributed by atoms with Gasteiger partial charge in [0.25, 0.3) is 0 Å². The number of aromatic nitrogens is 1. The van der Waals surface area contributed by atoms with Crippen molar-refractivity contribution in [1.82, 2.24) is 14.8 Å². The molecule has 1 aliphatic heterocycles. The normalized spacial score (nSPS) is 15.6. The third-order valence-electron chi connectivity index (χ3n) is 3.74. The summed E-state index contributed by atoms with van der Waals surface area (Å²) in [4.78, 5) is 32.1. The lowest BCUT2D eigenvalue weighted by molar-refractivity contribution is -0.134. The van der Waals surface area contributed by atoms with Crippen molar-refractivity contribution in [3.05, 3.63) is 23.9 Å². The zero-order valence-electron chi connectivity index (χ0n) is 13.5. The standard InChI is InChI=1S/C16H24N4O2/c1-12(2)15(21)19-7-4-8-20(10-9-19)16(22)18-14-11-13(3)5-6-17-14/h5-6,11-12H,4,7-10H2,1-3H3,(H,17,18,22). The van der Waals surface area contributed by atoms with Gasteiger partial charge in [-0.05, 0) is 31.0 Å². The van der Waals surface area contributed by atoms with Crippen LogP contribution in [0.3, 0.4) is 0 Å². The van der Waals surface area contributed by atoms with E-state index >= 15 is 0 Å². The molecule has 1 N–H and O–H groups in total. The summed E-state index contributed by atoms with van der Waals surface area (Å²) >= 11 is 0. The van der Waals surface area contributed by atoms with Gasteiger partial charge in [-0.25, -0.2) is 9.78 Å². The summed E-state index contributed by atoms with van der Waals surface area (Å²) in [6.07, 6.45) is 2.48. The van der Waals surface area contributed by atoms with Crippen molar-refractivity contribution in [3.8, 4) is 0 Å². The minimum Gasteiger partial charge on any atom is -0.341 e. The fraction of sp³-hybridized carbons (Fsp3) is 0.562. The summed E-state index contributed by atoms with van der Waals surface area (Å²) in [7, 11) is 0. The fourth-order valence-electron chi connectivity index (χ4n) is 2.50. The highest BCUT2D eigenvalue weighted by atomic mass is 16.2. The van der Waals surface area contributed by atoms with E-state index in [1.165, 1.54) is 0 Å². The van der Waals surface area contributed by atoms with Gasteiger partial charge in [0.1, 0.15) is 5.82 Å². The van der Waals surface area contributed by atoms with Crippen LogP contribution in [0.15, 0.2) is 18.3 Å². The molecule has 2 heterocycles. The van der Waals surface area contributed by atoms with Gasteiger partial charge in [0, 0.05) is 38.3 Å². The number of aryl methyl sites for hydroxylation is 1. The van der Waals surface area contributed by atoms with Gasteiger partial charge in [-0.1, -0.05) is 13.8 Å². The van der Waals surface area contributed by atoms with Gasteiger partial charge in [0.15, 0.2) is 0 Å². The Balaban J connectivity index is 1.93. The molecule has 0 aliphatic carbocycles. The van der Waals surface area contributed by atoms with Crippen molar-refractivity contribution in [2.24, 2.45) is 5.92 Å². The molecule has 3 amide bonds. The molecule has 0 spiro atoms. The van der Waals surface area contributed by atoms with E-state index in [2.05, 4.69) is 10.3 Å². The lowest BCUT2D eigenvalue weighted by atomic mass is 10.2. The lowest BCUT2D eigenvalue weighted by Crippen LogP contribution is -2.40. The number of anilines is 1. The zero-order valence-corrected chi connectivity index (χ0v) is 13.5. The summed E-state index contributed by atoms with van der Waals surface area (Å²) in [6, 6.07) is 3.57. The third-order valence-corrected chi connectivity index (χ3v) is 3.74. The van der Waals surface area contributed by atoms with Crippen molar-refractivity contribution < 1.29 is 9.59 Å². The van der Waals surface area contributed by atoms with Crippen LogP contribution in [0, 0.1) is 12.8 Å². The van der Waals surface area contributed by atoms with Crippen molar-refractivity contribution >= 4 is 17.8 Å². The SMILES string of the molecule is Cc1ccnc(NC(=O)N2CCCN(C(=O)C(C)C)CC2)c1. The molecular weight excluding hydrogens is 280 g/mol. The quantitative estimate of drug-likeness (QED) is 0.910. The van der Waals surface area contributed by atoms with Crippen molar-refractivity contribution in [1.29, 1.82) is 0 Å². The second kappa shape index (κ2) is 7.24. The highest BCUT2D eigenvalue weighted by Crippen LogP contribution is 2.10. The first-order valence-electron chi connectivity index (χ1n) is 7.74. The van der Waals surface area contributed by atoms with Crippen LogP contribution in [0.1, 0.15) is 25.8 Å². The van der Waals surface area contributed by atoms with Crippen LogP contribution < -0.4 is 5.32 Å². The minimum absolute atomic E-state index is 0.00290. The van der Waals surface area contributed by atoms with E-state index in [-0.39, 0.29) is 17.9 Å².